The Balaban J connectivity index is 1.94. The summed E-state index contributed by atoms with van der Waals surface area (Å²) in [5.41, 5.74) is 1.30. The maximum Gasteiger partial charge on any atom is 0.259 e. The third-order valence-electron chi connectivity index (χ3n) is 3.11. The second-order valence-corrected chi connectivity index (χ2v) is 4.60. The molecule has 0 saturated carbocycles. The molecular weight excluding hydrogens is 298 g/mol. The fourth-order valence-electron chi connectivity index (χ4n) is 2.10. The number of fused-ring (bicyclic) bond motifs is 1. The van der Waals surface area contributed by atoms with Crippen molar-refractivity contribution in [1.29, 1.82) is 0 Å². The van der Waals surface area contributed by atoms with Crippen LogP contribution in [0, 0.1) is 0 Å². The predicted octanol–water partition coefficient (Wildman–Crippen LogP) is 2.28. The molecule has 0 spiro atoms. The van der Waals surface area contributed by atoms with Gasteiger partial charge in [0, 0.05) is 36.3 Å². The van der Waals surface area contributed by atoms with Crippen LogP contribution in [0.1, 0.15) is 6.92 Å². The second kappa shape index (κ2) is 6.39. The van der Waals surface area contributed by atoms with Crippen molar-refractivity contribution in [3.8, 4) is 17.4 Å². The lowest BCUT2D eigenvalue weighted by molar-refractivity contribution is 0.328. The molecule has 23 heavy (non-hydrogen) atoms. The van der Waals surface area contributed by atoms with Crippen LogP contribution in [0.3, 0.4) is 0 Å². The van der Waals surface area contributed by atoms with E-state index in [1.54, 1.807) is 37.2 Å². The molecule has 3 rings (SSSR count). The molecule has 120 valence electrons. The average molecular weight is 315 g/mol. The minimum atomic E-state index is 0.425. The first-order valence-corrected chi connectivity index (χ1v) is 7.07. The van der Waals surface area contributed by atoms with E-state index >= 15 is 0 Å². The highest BCUT2D eigenvalue weighted by Gasteiger charge is 2.11. The smallest absolute Gasteiger partial charge is 0.259 e. The Morgan fingerprint density at radius 2 is 1.87 bits per heavy atom. The van der Waals surface area contributed by atoms with E-state index in [0.717, 1.165) is 5.69 Å². The number of rotatable bonds is 6. The lowest BCUT2D eigenvalue weighted by Gasteiger charge is -2.08. The Morgan fingerprint density at radius 3 is 2.52 bits per heavy atom. The van der Waals surface area contributed by atoms with Gasteiger partial charge >= 0.3 is 0 Å². The number of ether oxygens (including phenoxy) is 3. The Kier molecular flexibility index (Phi) is 4.13. The Hall–Kier alpha value is -3.03. The Morgan fingerprint density at radius 1 is 1.13 bits per heavy atom. The molecule has 1 aromatic carbocycles. The molecule has 0 bridgehead atoms. The molecule has 0 radical (unpaired) electrons. The van der Waals surface area contributed by atoms with Crippen LogP contribution in [0.5, 0.6) is 17.4 Å². The highest BCUT2D eigenvalue weighted by Crippen LogP contribution is 2.27. The van der Waals surface area contributed by atoms with Crippen molar-refractivity contribution in [2.45, 2.75) is 6.92 Å². The van der Waals surface area contributed by atoms with Crippen molar-refractivity contribution in [3.05, 3.63) is 30.6 Å². The van der Waals surface area contributed by atoms with Gasteiger partial charge < -0.3 is 19.5 Å². The first kappa shape index (κ1) is 14.9. The van der Waals surface area contributed by atoms with Crippen LogP contribution in [0.4, 0.5) is 11.6 Å². The molecule has 0 fully saturated rings. The van der Waals surface area contributed by atoms with Crippen molar-refractivity contribution in [3.63, 3.8) is 0 Å². The maximum absolute atomic E-state index is 5.45. The molecule has 0 aliphatic heterocycles. The molecule has 0 amide bonds. The summed E-state index contributed by atoms with van der Waals surface area (Å²) in [5.74, 6) is 2.22. The summed E-state index contributed by atoms with van der Waals surface area (Å²) in [6.45, 7) is 2.40. The first-order chi connectivity index (χ1) is 11.2. The van der Waals surface area contributed by atoms with E-state index in [1.165, 1.54) is 0 Å². The van der Waals surface area contributed by atoms with Gasteiger partial charge in [0.15, 0.2) is 0 Å². The number of anilines is 2. The number of methoxy groups -OCH3 is 2. The SMILES string of the molecule is CCOc1nccn2nc(Nc3cc(OC)cc(OC)c3)nc12. The van der Waals surface area contributed by atoms with Crippen LogP contribution < -0.4 is 19.5 Å². The van der Waals surface area contributed by atoms with Crippen molar-refractivity contribution in [1.82, 2.24) is 19.6 Å². The lowest BCUT2D eigenvalue weighted by Crippen LogP contribution is -1.98. The average Bonchev–Trinajstić information content (AvgIpc) is 2.98. The second-order valence-electron chi connectivity index (χ2n) is 4.60. The molecule has 0 aliphatic carbocycles. The summed E-state index contributed by atoms with van der Waals surface area (Å²) < 4.78 is 17.6. The van der Waals surface area contributed by atoms with Gasteiger partial charge in [-0.2, -0.15) is 4.98 Å². The number of hydrogen-bond donors (Lipinski definition) is 1. The molecule has 0 unspecified atom stereocenters. The van der Waals surface area contributed by atoms with Gasteiger partial charge in [0.2, 0.25) is 11.6 Å². The van der Waals surface area contributed by atoms with Gasteiger partial charge in [0.25, 0.3) is 5.88 Å². The first-order valence-electron chi connectivity index (χ1n) is 7.07. The van der Waals surface area contributed by atoms with Crippen LogP contribution in [0.15, 0.2) is 30.6 Å². The molecule has 0 atom stereocenters. The molecule has 1 N–H and O–H groups in total. The zero-order chi connectivity index (χ0) is 16.2. The molecule has 2 aromatic heterocycles. The summed E-state index contributed by atoms with van der Waals surface area (Å²) in [6, 6.07) is 5.45. The van der Waals surface area contributed by atoms with Gasteiger partial charge in [-0.1, -0.05) is 0 Å². The van der Waals surface area contributed by atoms with Gasteiger partial charge in [0.05, 0.1) is 20.8 Å². The highest BCUT2D eigenvalue weighted by atomic mass is 16.5. The Labute approximate surface area is 133 Å². The van der Waals surface area contributed by atoms with Crippen molar-refractivity contribution in [2.24, 2.45) is 0 Å². The topological polar surface area (TPSA) is 82.8 Å². The van der Waals surface area contributed by atoms with Crippen molar-refractivity contribution >= 4 is 17.3 Å². The summed E-state index contributed by atoms with van der Waals surface area (Å²) >= 11 is 0. The van der Waals surface area contributed by atoms with E-state index < -0.39 is 0 Å². The van der Waals surface area contributed by atoms with Crippen molar-refractivity contribution in [2.75, 3.05) is 26.1 Å². The minimum absolute atomic E-state index is 0.425. The van der Waals surface area contributed by atoms with E-state index in [1.807, 2.05) is 19.1 Å². The standard InChI is InChI=1S/C15H17N5O3/c1-4-23-14-13-18-15(19-20(13)6-5-16-14)17-10-7-11(21-2)9-12(8-10)22-3/h5-9H,4H2,1-3H3,(H,17,19). The fraction of sp³-hybridized carbons (Fsp3) is 0.267. The number of nitrogens with one attached hydrogen (secondary N) is 1. The minimum Gasteiger partial charge on any atom is -0.497 e. The van der Waals surface area contributed by atoms with Crippen LogP contribution >= 0.6 is 0 Å². The monoisotopic (exact) mass is 315 g/mol. The normalized spacial score (nSPS) is 10.6. The highest BCUT2D eigenvalue weighted by molar-refractivity contribution is 5.61. The lowest BCUT2D eigenvalue weighted by atomic mass is 10.3. The van der Waals surface area contributed by atoms with E-state index in [4.69, 9.17) is 14.2 Å². The van der Waals surface area contributed by atoms with E-state index in [-0.39, 0.29) is 0 Å². The van der Waals surface area contributed by atoms with Crippen LogP contribution in [-0.4, -0.2) is 40.4 Å². The van der Waals surface area contributed by atoms with Gasteiger partial charge in [0.1, 0.15) is 11.5 Å². The molecule has 3 aromatic rings. The quantitative estimate of drug-likeness (QED) is 0.747. The number of nitrogens with zero attached hydrogens (tertiary/aromatic N) is 4. The summed E-state index contributed by atoms with van der Waals surface area (Å²) in [7, 11) is 3.20. The zero-order valence-electron chi connectivity index (χ0n) is 13.1. The molecule has 0 aliphatic rings. The Bertz CT molecular complexity index is 796. The number of hydrogen-bond acceptors (Lipinski definition) is 7. The van der Waals surface area contributed by atoms with E-state index in [9.17, 15) is 0 Å². The summed E-state index contributed by atoms with van der Waals surface area (Å²) in [6.07, 6.45) is 3.33. The predicted molar refractivity (Wildman–Crippen MR) is 84.8 cm³/mol. The largest absolute Gasteiger partial charge is 0.497 e. The van der Waals surface area contributed by atoms with Gasteiger partial charge in [-0.3, -0.25) is 0 Å². The summed E-state index contributed by atoms with van der Waals surface area (Å²) in [5, 5.41) is 7.48. The van der Waals surface area contributed by atoms with Gasteiger partial charge in [-0.05, 0) is 6.92 Å². The van der Waals surface area contributed by atoms with Crippen LogP contribution in [0.25, 0.3) is 5.65 Å². The molecule has 8 heteroatoms. The third kappa shape index (κ3) is 3.10. The molecule has 8 nitrogen and oxygen atoms in total. The summed E-state index contributed by atoms with van der Waals surface area (Å²) in [4.78, 5) is 8.57. The number of benzene rings is 1. The molecule has 0 saturated heterocycles. The maximum atomic E-state index is 5.45. The fourth-order valence-corrected chi connectivity index (χ4v) is 2.10. The van der Waals surface area contributed by atoms with Gasteiger partial charge in [-0.15, -0.1) is 5.10 Å². The third-order valence-corrected chi connectivity index (χ3v) is 3.11. The molecular formula is C15H17N5O3. The van der Waals surface area contributed by atoms with Crippen molar-refractivity contribution < 1.29 is 14.2 Å². The molecule has 2 heterocycles. The van der Waals surface area contributed by atoms with Crippen LogP contribution in [-0.2, 0) is 0 Å². The van der Waals surface area contributed by atoms with E-state index in [0.29, 0.717) is 35.6 Å². The number of aromatic nitrogens is 4. The zero-order valence-corrected chi connectivity index (χ0v) is 13.1. The van der Waals surface area contributed by atoms with E-state index in [2.05, 4.69) is 20.4 Å². The van der Waals surface area contributed by atoms with Gasteiger partial charge in [-0.25, -0.2) is 9.50 Å². The van der Waals surface area contributed by atoms with Crippen LogP contribution in [0.2, 0.25) is 0 Å².